The summed E-state index contributed by atoms with van der Waals surface area (Å²) in [5.41, 5.74) is 19.4. The SMILES string of the molecule is CC1CN(C2COC2)CCN1c1cccc(-c2ccc(N=Cc3cccnc3N)c(N(C)c3ccc(C4(N)CCC4)cc3)n2)c1. The topological polar surface area (TPSA) is 109 Å². The van der Waals surface area contributed by atoms with Crippen molar-refractivity contribution in [2.24, 2.45) is 10.7 Å². The summed E-state index contributed by atoms with van der Waals surface area (Å²) in [6.45, 7) is 7.12. The number of hydrogen-bond donors (Lipinski definition) is 2. The Morgan fingerprint density at radius 3 is 2.53 bits per heavy atom. The lowest BCUT2D eigenvalue weighted by Crippen LogP contribution is -2.59. The Labute approximate surface area is 265 Å². The van der Waals surface area contributed by atoms with Crippen molar-refractivity contribution in [3.05, 3.63) is 90.1 Å². The van der Waals surface area contributed by atoms with Gasteiger partial charge in [-0.3, -0.25) is 9.89 Å². The molecule has 2 aliphatic heterocycles. The van der Waals surface area contributed by atoms with E-state index in [-0.39, 0.29) is 5.54 Å². The predicted molar refractivity (Wildman–Crippen MR) is 183 cm³/mol. The zero-order chi connectivity index (χ0) is 31.0. The number of nitrogens with zero attached hydrogens (tertiary/aromatic N) is 6. The summed E-state index contributed by atoms with van der Waals surface area (Å²) in [5.74, 6) is 1.19. The maximum absolute atomic E-state index is 6.61. The van der Waals surface area contributed by atoms with Crippen LogP contribution in [0.2, 0.25) is 0 Å². The van der Waals surface area contributed by atoms with Crippen molar-refractivity contribution in [2.75, 3.05) is 55.4 Å². The summed E-state index contributed by atoms with van der Waals surface area (Å²) >= 11 is 0. The van der Waals surface area contributed by atoms with Gasteiger partial charge in [0.1, 0.15) is 11.5 Å². The maximum atomic E-state index is 6.61. The molecule has 4 N–H and O–H groups in total. The lowest BCUT2D eigenvalue weighted by atomic mass is 9.73. The van der Waals surface area contributed by atoms with Crippen molar-refractivity contribution >= 4 is 34.9 Å². The molecule has 232 valence electrons. The van der Waals surface area contributed by atoms with E-state index in [4.69, 9.17) is 26.2 Å². The molecule has 45 heavy (non-hydrogen) atoms. The third-order valence-electron chi connectivity index (χ3n) is 9.73. The number of piperazine rings is 1. The summed E-state index contributed by atoms with van der Waals surface area (Å²) in [6.07, 6.45) is 6.69. The van der Waals surface area contributed by atoms with Gasteiger partial charge in [0.2, 0.25) is 0 Å². The monoisotopic (exact) mass is 602 g/mol. The van der Waals surface area contributed by atoms with Crippen molar-refractivity contribution in [2.45, 2.75) is 43.8 Å². The Morgan fingerprint density at radius 1 is 1.02 bits per heavy atom. The van der Waals surface area contributed by atoms with E-state index in [2.05, 4.69) is 75.1 Å². The van der Waals surface area contributed by atoms with E-state index in [0.717, 1.165) is 79.7 Å². The first-order chi connectivity index (χ1) is 21.9. The largest absolute Gasteiger partial charge is 0.383 e. The summed E-state index contributed by atoms with van der Waals surface area (Å²) in [7, 11) is 2.03. The molecule has 1 saturated carbocycles. The highest BCUT2D eigenvalue weighted by atomic mass is 16.5. The molecule has 0 radical (unpaired) electrons. The van der Waals surface area contributed by atoms with Gasteiger partial charge in [-0.2, -0.15) is 0 Å². The zero-order valence-electron chi connectivity index (χ0n) is 26.1. The Balaban J connectivity index is 1.20. The highest BCUT2D eigenvalue weighted by molar-refractivity contribution is 5.89. The van der Waals surface area contributed by atoms with Gasteiger partial charge in [-0.15, -0.1) is 0 Å². The van der Waals surface area contributed by atoms with Crippen LogP contribution < -0.4 is 21.3 Å². The second kappa shape index (κ2) is 12.2. The van der Waals surface area contributed by atoms with Gasteiger partial charge in [0.15, 0.2) is 5.82 Å². The number of nitrogen functional groups attached to an aromatic ring is 1. The van der Waals surface area contributed by atoms with Crippen molar-refractivity contribution in [1.82, 2.24) is 14.9 Å². The van der Waals surface area contributed by atoms with Crippen LogP contribution in [0.4, 0.5) is 28.7 Å². The molecule has 2 saturated heterocycles. The molecular formula is C36H42N8O. The van der Waals surface area contributed by atoms with Gasteiger partial charge < -0.3 is 26.0 Å². The van der Waals surface area contributed by atoms with Crippen LogP contribution in [0.25, 0.3) is 11.3 Å². The Bertz CT molecular complexity index is 1680. The molecule has 4 aromatic rings. The van der Waals surface area contributed by atoms with E-state index in [0.29, 0.717) is 17.9 Å². The second-order valence-corrected chi connectivity index (χ2v) is 12.7. The molecule has 3 fully saturated rings. The highest BCUT2D eigenvalue weighted by Gasteiger charge is 2.34. The van der Waals surface area contributed by atoms with Crippen molar-refractivity contribution in [3.8, 4) is 11.3 Å². The van der Waals surface area contributed by atoms with Gasteiger partial charge >= 0.3 is 0 Å². The quantitative estimate of drug-likeness (QED) is 0.255. The molecule has 3 aliphatic rings. The van der Waals surface area contributed by atoms with Crippen LogP contribution in [0.15, 0.2) is 84.0 Å². The lowest BCUT2D eigenvalue weighted by molar-refractivity contribution is -0.0691. The number of aromatic nitrogens is 2. The fourth-order valence-electron chi connectivity index (χ4n) is 6.59. The van der Waals surface area contributed by atoms with Crippen molar-refractivity contribution in [3.63, 3.8) is 0 Å². The molecule has 0 spiro atoms. The minimum Gasteiger partial charge on any atom is -0.383 e. The Morgan fingerprint density at radius 2 is 1.84 bits per heavy atom. The average molecular weight is 603 g/mol. The van der Waals surface area contributed by atoms with E-state index in [9.17, 15) is 0 Å². The molecule has 7 rings (SSSR count). The Hall–Kier alpha value is -4.31. The van der Waals surface area contributed by atoms with E-state index in [1.165, 1.54) is 17.7 Å². The summed E-state index contributed by atoms with van der Waals surface area (Å²) in [4.78, 5) is 21.4. The van der Waals surface area contributed by atoms with Gasteiger partial charge in [0.25, 0.3) is 0 Å². The summed E-state index contributed by atoms with van der Waals surface area (Å²) < 4.78 is 5.44. The normalized spacial score (nSPS) is 20.2. The fraction of sp³-hybridized carbons (Fsp3) is 0.361. The smallest absolute Gasteiger partial charge is 0.159 e. The van der Waals surface area contributed by atoms with Crippen LogP contribution in [0.1, 0.15) is 37.3 Å². The number of hydrogen-bond acceptors (Lipinski definition) is 9. The number of ether oxygens (including phenoxy) is 1. The molecule has 0 amide bonds. The summed E-state index contributed by atoms with van der Waals surface area (Å²) in [6, 6.07) is 26.1. The molecule has 1 atom stereocenters. The number of rotatable bonds is 8. The highest BCUT2D eigenvalue weighted by Crippen LogP contribution is 2.40. The molecular weight excluding hydrogens is 560 g/mol. The molecule has 9 nitrogen and oxygen atoms in total. The van der Waals surface area contributed by atoms with Crippen LogP contribution in [-0.2, 0) is 10.3 Å². The molecule has 4 heterocycles. The number of anilines is 4. The van der Waals surface area contributed by atoms with Crippen LogP contribution in [0, 0.1) is 0 Å². The Kier molecular flexibility index (Phi) is 7.99. The predicted octanol–water partition coefficient (Wildman–Crippen LogP) is 5.49. The molecule has 2 aromatic heterocycles. The average Bonchev–Trinajstić information content (AvgIpc) is 3.02. The van der Waals surface area contributed by atoms with Crippen LogP contribution >= 0.6 is 0 Å². The number of nitrogens with two attached hydrogens (primary N) is 2. The standard InChI is InChI=1S/C36H42N8O/c1-25-22-43(31-23-45-24-31)18-19-44(25)30-8-3-6-26(20-30)32-13-14-33(40-21-27-7-4-17-39-34(27)37)35(41-32)42(2)29-11-9-28(10-12-29)36(38)15-5-16-36/h3-4,6-14,17,20-21,25,31H,5,15-16,18-19,22-24,38H2,1-2H3,(H2,37,39). The lowest BCUT2D eigenvalue weighted by Gasteiger charge is -2.46. The van der Waals surface area contributed by atoms with Crippen LogP contribution in [0.3, 0.4) is 0 Å². The third-order valence-corrected chi connectivity index (χ3v) is 9.73. The third kappa shape index (κ3) is 5.91. The fourth-order valence-corrected chi connectivity index (χ4v) is 6.59. The van der Waals surface area contributed by atoms with Crippen LogP contribution in [-0.4, -0.2) is 73.1 Å². The maximum Gasteiger partial charge on any atom is 0.159 e. The molecule has 2 aromatic carbocycles. The van der Waals surface area contributed by atoms with Crippen LogP contribution in [0.5, 0.6) is 0 Å². The molecule has 9 heteroatoms. The number of benzene rings is 2. The van der Waals surface area contributed by atoms with E-state index < -0.39 is 0 Å². The molecule has 0 bridgehead atoms. The van der Waals surface area contributed by atoms with Crippen molar-refractivity contribution in [1.29, 1.82) is 0 Å². The summed E-state index contributed by atoms with van der Waals surface area (Å²) in [5, 5.41) is 0. The van der Waals surface area contributed by atoms with Gasteiger partial charge in [-0.05, 0) is 80.3 Å². The molecule has 1 aliphatic carbocycles. The van der Waals surface area contributed by atoms with Crippen molar-refractivity contribution < 1.29 is 4.74 Å². The van der Waals surface area contributed by atoms with Gasteiger partial charge in [0.05, 0.1) is 24.9 Å². The van der Waals surface area contributed by atoms with E-state index in [1.54, 1.807) is 12.4 Å². The number of pyridine rings is 2. The molecule has 1 unspecified atom stereocenters. The zero-order valence-corrected chi connectivity index (χ0v) is 26.1. The number of aliphatic imine (C=N–C) groups is 1. The van der Waals surface area contributed by atoms with E-state index >= 15 is 0 Å². The first-order valence-electron chi connectivity index (χ1n) is 16.0. The van der Waals surface area contributed by atoms with E-state index in [1.807, 2.05) is 31.3 Å². The van der Waals surface area contributed by atoms with Gasteiger partial charge in [-0.25, -0.2) is 9.97 Å². The first kappa shape index (κ1) is 29.4. The van der Waals surface area contributed by atoms with Gasteiger partial charge in [0, 0.05) is 73.2 Å². The second-order valence-electron chi connectivity index (χ2n) is 12.7. The minimum absolute atomic E-state index is 0.199. The first-order valence-corrected chi connectivity index (χ1v) is 16.0. The van der Waals surface area contributed by atoms with Gasteiger partial charge in [-0.1, -0.05) is 24.3 Å². The minimum atomic E-state index is -0.199.